The smallest absolute Gasteiger partial charge is 0.169 e. The number of pyridine rings is 2. The number of aryl methyl sites for hydroxylation is 2. The van der Waals surface area contributed by atoms with Gasteiger partial charge < -0.3 is 30.6 Å². The molecule has 0 aromatic carbocycles. The van der Waals surface area contributed by atoms with Gasteiger partial charge in [-0.25, -0.2) is 9.13 Å². The number of unbranched alkanes of at least 4 members (excludes halogenated alkanes) is 3. The summed E-state index contributed by atoms with van der Waals surface area (Å²) in [5, 5.41) is 29.5. The second kappa shape index (κ2) is 15.1. The van der Waals surface area contributed by atoms with Gasteiger partial charge in [0.25, 0.3) is 0 Å². The van der Waals surface area contributed by atoms with E-state index in [0.29, 0.717) is 0 Å². The molecule has 0 spiro atoms. The fraction of sp³-hybridized carbons (Fsp3) is 0.412. The zero-order valence-electron chi connectivity index (χ0n) is 15.5. The molecular formula is C17H24N4O6S. The summed E-state index contributed by atoms with van der Waals surface area (Å²) in [4.78, 5) is 16.5. The predicted molar refractivity (Wildman–Crippen MR) is 106 cm³/mol. The molecular weight excluding hydrogens is 388 g/mol. The molecule has 0 aliphatic carbocycles. The van der Waals surface area contributed by atoms with Crippen molar-refractivity contribution in [2.24, 2.45) is 7.05 Å². The molecule has 28 heavy (non-hydrogen) atoms. The maximum absolute atomic E-state index is 8.25. The zero-order chi connectivity index (χ0) is 21.4. The van der Waals surface area contributed by atoms with Crippen LogP contribution in [0, 0.1) is 30.6 Å². The van der Waals surface area contributed by atoms with Crippen molar-refractivity contribution >= 4 is 12.6 Å². The molecule has 154 valence electrons. The maximum Gasteiger partial charge on any atom is 0.169 e. The van der Waals surface area contributed by atoms with E-state index in [1.165, 1.54) is 36.8 Å². The Morgan fingerprint density at radius 1 is 0.786 bits per heavy atom. The second-order valence-corrected chi connectivity index (χ2v) is 6.11. The van der Waals surface area contributed by atoms with Crippen molar-refractivity contribution in [2.75, 3.05) is 5.75 Å². The molecule has 2 aromatic heterocycles. The van der Waals surface area contributed by atoms with E-state index < -0.39 is 10.2 Å². The lowest BCUT2D eigenvalue weighted by molar-refractivity contribution is -0.697. The quantitative estimate of drug-likeness (QED) is 0.243. The van der Waals surface area contributed by atoms with Crippen LogP contribution in [0.5, 0.6) is 0 Å². The number of hydrogen-bond acceptors (Lipinski definition) is 7. The first-order valence-corrected chi connectivity index (χ1v) is 9.08. The lowest BCUT2D eigenvalue weighted by atomic mass is 10.1. The monoisotopic (exact) mass is 412 g/mol. The molecule has 2 rings (SSSR count). The molecule has 0 bridgehead atoms. The molecule has 0 fully saturated rings. The Bertz CT molecular complexity index is 678. The largest absolute Gasteiger partial charge is 0.356 e. The Kier molecular flexibility index (Phi) is 13.5. The highest BCUT2D eigenvalue weighted by atomic mass is 32.1. The lowest BCUT2D eigenvalue weighted by Gasteiger charge is -2.01. The Morgan fingerprint density at radius 3 is 1.61 bits per heavy atom. The molecule has 2 heterocycles. The highest BCUT2D eigenvalue weighted by Gasteiger charge is 2.04. The van der Waals surface area contributed by atoms with Crippen LogP contribution >= 0.6 is 12.6 Å². The number of nitrogens with zero attached hydrogens (tertiary/aromatic N) is 4. The van der Waals surface area contributed by atoms with E-state index in [-0.39, 0.29) is 0 Å². The van der Waals surface area contributed by atoms with Gasteiger partial charge in [0.15, 0.2) is 24.8 Å². The molecule has 0 amide bonds. The normalized spacial score (nSPS) is 9.36. The van der Waals surface area contributed by atoms with Gasteiger partial charge in [-0.05, 0) is 29.7 Å². The van der Waals surface area contributed by atoms with Crippen LogP contribution in [0.4, 0.5) is 0 Å². The van der Waals surface area contributed by atoms with Gasteiger partial charge in [-0.2, -0.15) is 12.6 Å². The Labute approximate surface area is 168 Å². The fourth-order valence-corrected chi connectivity index (χ4v) is 2.48. The van der Waals surface area contributed by atoms with Crippen molar-refractivity contribution in [1.82, 2.24) is 0 Å². The minimum atomic E-state index is -1.75. The minimum absolute atomic E-state index is 1.01. The SMILES string of the molecule is C[n+]1ccc(-c2cc[n+](CCCCCCS)cc2)cc1.O=[N+]([O-])[O-].O=[N+]([O-])[O-]. The zero-order valence-corrected chi connectivity index (χ0v) is 16.4. The van der Waals surface area contributed by atoms with Crippen LogP contribution in [0.25, 0.3) is 11.1 Å². The summed E-state index contributed by atoms with van der Waals surface area (Å²) in [6.45, 7) is 1.11. The van der Waals surface area contributed by atoms with Gasteiger partial charge in [-0.3, -0.25) is 0 Å². The summed E-state index contributed by atoms with van der Waals surface area (Å²) in [6, 6.07) is 8.69. The van der Waals surface area contributed by atoms with Crippen molar-refractivity contribution in [2.45, 2.75) is 32.2 Å². The molecule has 0 N–H and O–H groups in total. The third-order valence-electron chi connectivity index (χ3n) is 3.53. The first kappa shape index (κ1) is 25.1. The van der Waals surface area contributed by atoms with Crippen molar-refractivity contribution in [3.63, 3.8) is 0 Å². The van der Waals surface area contributed by atoms with E-state index in [0.717, 1.165) is 12.3 Å². The predicted octanol–water partition coefficient (Wildman–Crippen LogP) is 2.48. The second-order valence-electron chi connectivity index (χ2n) is 5.66. The molecule has 11 heteroatoms. The number of thiol groups is 1. The van der Waals surface area contributed by atoms with Crippen molar-refractivity contribution in [3.05, 3.63) is 79.7 Å². The molecule has 0 aliphatic heterocycles. The first-order chi connectivity index (χ1) is 13.3. The van der Waals surface area contributed by atoms with Gasteiger partial charge in [0.1, 0.15) is 13.6 Å². The molecule has 0 radical (unpaired) electrons. The van der Waals surface area contributed by atoms with Crippen LogP contribution in [0.15, 0.2) is 49.1 Å². The first-order valence-electron chi connectivity index (χ1n) is 8.45. The van der Waals surface area contributed by atoms with Crippen LogP contribution in [0.3, 0.4) is 0 Å². The van der Waals surface area contributed by atoms with E-state index in [9.17, 15) is 0 Å². The molecule has 0 unspecified atom stereocenters. The minimum Gasteiger partial charge on any atom is -0.356 e. The van der Waals surface area contributed by atoms with Crippen LogP contribution in [-0.4, -0.2) is 15.9 Å². The van der Waals surface area contributed by atoms with Crippen LogP contribution in [-0.2, 0) is 13.6 Å². The summed E-state index contributed by atoms with van der Waals surface area (Å²) >= 11 is 4.24. The maximum atomic E-state index is 8.25. The molecule has 0 saturated carbocycles. The van der Waals surface area contributed by atoms with Crippen LogP contribution in [0.2, 0.25) is 0 Å². The van der Waals surface area contributed by atoms with Gasteiger partial charge in [0.05, 0.1) is 10.2 Å². The van der Waals surface area contributed by atoms with Gasteiger partial charge in [0, 0.05) is 30.7 Å². The van der Waals surface area contributed by atoms with Crippen molar-refractivity contribution in [1.29, 1.82) is 0 Å². The average Bonchev–Trinajstić information content (AvgIpc) is 2.62. The molecule has 0 saturated heterocycles. The lowest BCUT2D eigenvalue weighted by Crippen LogP contribution is -2.32. The number of aromatic nitrogens is 2. The topological polar surface area (TPSA) is 140 Å². The van der Waals surface area contributed by atoms with Gasteiger partial charge in [0.2, 0.25) is 0 Å². The summed E-state index contributed by atoms with van der Waals surface area (Å²) < 4.78 is 4.32. The van der Waals surface area contributed by atoms with Crippen LogP contribution in [0.1, 0.15) is 25.7 Å². The van der Waals surface area contributed by atoms with Crippen molar-refractivity contribution in [3.8, 4) is 11.1 Å². The summed E-state index contributed by atoms with van der Waals surface area (Å²) in [6.07, 6.45) is 13.6. The fourth-order valence-electron chi connectivity index (χ4n) is 2.25. The van der Waals surface area contributed by atoms with Crippen LogP contribution < -0.4 is 9.13 Å². The molecule has 0 atom stereocenters. The van der Waals surface area contributed by atoms with E-state index in [2.05, 4.69) is 70.8 Å². The molecule has 10 nitrogen and oxygen atoms in total. The van der Waals surface area contributed by atoms with E-state index in [1.807, 2.05) is 7.05 Å². The number of rotatable bonds is 7. The number of hydrogen-bond donors (Lipinski definition) is 1. The average molecular weight is 412 g/mol. The van der Waals surface area contributed by atoms with E-state index in [1.54, 1.807) is 0 Å². The Hall–Kier alpha value is -2.95. The summed E-state index contributed by atoms with van der Waals surface area (Å²) in [7, 11) is 2.04. The van der Waals surface area contributed by atoms with Crippen molar-refractivity contribution < 1.29 is 19.3 Å². The van der Waals surface area contributed by atoms with E-state index >= 15 is 0 Å². The standard InChI is InChI=1S/C17H23N2S.2NO3/c1-18-11-6-16(7-12-18)17-8-13-19(14-9-17)10-4-2-3-5-15-20;2*2-1(3)4/h6-9,11-14H,2-5,10,15H2,1H3;;/q+1;2*-1/p+1. The Morgan fingerprint density at radius 2 is 1.18 bits per heavy atom. The third-order valence-corrected chi connectivity index (χ3v) is 3.84. The highest BCUT2D eigenvalue weighted by molar-refractivity contribution is 7.80. The third kappa shape index (κ3) is 14.2. The van der Waals surface area contributed by atoms with Gasteiger partial charge in [-0.1, -0.05) is 6.42 Å². The summed E-state index contributed by atoms with van der Waals surface area (Å²) in [5.74, 6) is 1.01. The molecule has 0 aliphatic rings. The van der Waals surface area contributed by atoms with Gasteiger partial charge >= 0.3 is 0 Å². The van der Waals surface area contributed by atoms with E-state index in [4.69, 9.17) is 30.6 Å². The summed E-state index contributed by atoms with van der Waals surface area (Å²) in [5.41, 5.74) is 2.54. The van der Waals surface area contributed by atoms with Gasteiger partial charge in [-0.15, -0.1) is 0 Å². The Balaban J connectivity index is 0.000000776. The molecule has 2 aromatic rings. The highest BCUT2D eigenvalue weighted by Crippen LogP contribution is 2.15.